The number of carbonyl (C=O) groups excluding carboxylic acids is 2. The Hall–Kier alpha value is -2.32. The van der Waals surface area contributed by atoms with Gasteiger partial charge in [-0.05, 0) is 31.2 Å². The van der Waals surface area contributed by atoms with Gasteiger partial charge in [0.25, 0.3) is 0 Å². The molecular weight excluding hydrogens is 334 g/mol. The van der Waals surface area contributed by atoms with Gasteiger partial charge in [0.1, 0.15) is 0 Å². The van der Waals surface area contributed by atoms with Gasteiger partial charge in [0.2, 0.25) is 0 Å². The zero-order valence-corrected chi connectivity index (χ0v) is 15.7. The molecule has 0 aliphatic carbocycles. The lowest BCUT2D eigenvalue weighted by atomic mass is 10.2. The number of piperazine rings is 1. The largest absolute Gasteiger partial charge is 0.449 e. The molecule has 1 fully saturated rings. The minimum Gasteiger partial charge on any atom is -0.449 e. The van der Waals surface area contributed by atoms with Crippen molar-refractivity contribution in [3.05, 3.63) is 24.3 Å². The summed E-state index contributed by atoms with van der Waals surface area (Å²) in [6.45, 7) is 6.91. The normalized spacial score (nSPS) is 17.9. The highest BCUT2D eigenvalue weighted by molar-refractivity contribution is 5.91. The molecule has 1 unspecified atom stereocenters. The van der Waals surface area contributed by atoms with E-state index in [0.29, 0.717) is 31.1 Å². The number of nitrogens with two attached hydrogens (primary N) is 1. The summed E-state index contributed by atoms with van der Waals surface area (Å²) in [5.41, 5.74) is 6.97. The maximum Gasteiger partial charge on any atom is 0.411 e. The maximum absolute atomic E-state index is 12.6. The number of hydrogen-bond donors (Lipinski definition) is 3. The second-order valence-corrected chi connectivity index (χ2v) is 6.97. The van der Waals surface area contributed by atoms with Gasteiger partial charge in [-0.15, -0.1) is 0 Å². The molecule has 0 aromatic heterocycles. The quantitative estimate of drug-likeness (QED) is 0.743. The van der Waals surface area contributed by atoms with Crippen LogP contribution in [0.25, 0.3) is 0 Å². The predicted molar refractivity (Wildman–Crippen MR) is 102 cm³/mol. The van der Waals surface area contributed by atoms with Crippen LogP contribution in [0, 0.1) is 5.92 Å². The molecule has 1 aromatic carbocycles. The fourth-order valence-electron chi connectivity index (χ4n) is 2.75. The minimum absolute atomic E-state index is 0.0129. The fraction of sp³-hybridized carbons (Fsp3) is 0.556. The predicted octanol–water partition coefficient (Wildman–Crippen LogP) is 2.00. The number of hydrogen-bond acceptors (Lipinski definition) is 5. The molecule has 2 rings (SSSR count). The average molecular weight is 363 g/mol. The highest BCUT2D eigenvalue weighted by Crippen LogP contribution is 2.17. The van der Waals surface area contributed by atoms with E-state index in [1.54, 1.807) is 29.2 Å². The molecule has 144 valence electrons. The third-order valence-corrected chi connectivity index (χ3v) is 4.13. The molecule has 1 saturated heterocycles. The van der Waals surface area contributed by atoms with Gasteiger partial charge in [0.15, 0.2) is 0 Å². The lowest BCUT2D eigenvalue weighted by Gasteiger charge is -2.39. The SMILES string of the molecule is CC(C)COC(=O)Nc1cccc(NC(=O)N2CCN(C)CC2CN)c1. The first-order chi connectivity index (χ1) is 12.4. The van der Waals surface area contributed by atoms with Crippen molar-refractivity contribution >= 4 is 23.5 Å². The highest BCUT2D eigenvalue weighted by atomic mass is 16.5. The summed E-state index contributed by atoms with van der Waals surface area (Å²) < 4.78 is 5.10. The topological polar surface area (TPSA) is 99.9 Å². The number of anilines is 2. The van der Waals surface area contributed by atoms with Crippen LogP contribution in [0.5, 0.6) is 0 Å². The number of benzene rings is 1. The van der Waals surface area contributed by atoms with E-state index in [0.717, 1.165) is 13.1 Å². The molecular formula is C18H29N5O3. The van der Waals surface area contributed by atoms with Crippen molar-refractivity contribution in [3.63, 3.8) is 0 Å². The molecule has 1 aliphatic rings. The van der Waals surface area contributed by atoms with Crippen LogP contribution in [0.15, 0.2) is 24.3 Å². The summed E-state index contributed by atoms with van der Waals surface area (Å²) in [4.78, 5) is 28.3. The number of rotatable bonds is 5. The van der Waals surface area contributed by atoms with Crippen LogP contribution in [0.2, 0.25) is 0 Å². The molecule has 0 saturated carbocycles. The van der Waals surface area contributed by atoms with Crippen molar-refractivity contribution in [2.45, 2.75) is 19.9 Å². The van der Waals surface area contributed by atoms with Crippen molar-refractivity contribution in [1.29, 1.82) is 0 Å². The Bertz CT molecular complexity index is 623. The van der Waals surface area contributed by atoms with Gasteiger partial charge in [-0.1, -0.05) is 19.9 Å². The van der Waals surface area contributed by atoms with Crippen LogP contribution < -0.4 is 16.4 Å². The van der Waals surface area contributed by atoms with Gasteiger partial charge in [-0.25, -0.2) is 9.59 Å². The monoisotopic (exact) mass is 363 g/mol. The van der Waals surface area contributed by atoms with Gasteiger partial charge in [0.05, 0.1) is 12.6 Å². The van der Waals surface area contributed by atoms with Crippen LogP contribution in [-0.4, -0.2) is 67.8 Å². The number of nitrogens with zero attached hydrogens (tertiary/aromatic N) is 2. The zero-order chi connectivity index (χ0) is 19.1. The van der Waals surface area contributed by atoms with Crippen LogP contribution in [0.4, 0.5) is 21.0 Å². The lowest BCUT2D eigenvalue weighted by Crippen LogP contribution is -2.57. The van der Waals surface area contributed by atoms with E-state index in [2.05, 4.69) is 15.5 Å². The third kappa shape index (κ3) is 5.89. The molecule has 8 nitrogen and oxygen atoms in total. The molecule has 0 radical (unpaired) electrons. The Balaban J connectivity index is 1.95. The van der Waals surface area contributed by atoms with Crippen LogP contribution in [0.3, 0.4) is 0 Å². The van der Waals surface area contributed by atoms with Crippen molar-refractivity contribution in [2.24, 2.45) is 11.7 Å². The smallest absolute Gasteiger partial charge is 0.411 e. The number of urea groups is 1. The second-order valence-electron chi connectivity index (χ2n) is 6.97. The Labute approximate surface area is 154 Å². The number of likely N-dealkylation sites (N-methyl/N-ethyl adjacent to an activating group) is 1. The molecule has 0 spiro atoms. The molecule has 1 heterocycles. The van der Waals surface area contributed by atoms with Gasteiger partial charge >= 0.3 is 12.1 Å². The summed E-state index contributed by atoms with van der Waals surface area (Å²) in [7, 11) is 2.02. The Morgan fingerprint density at radius 3 is 2.62 bits per heavy atom. The van der Waals surface area contributed by atoms with E-state index < -0.39 is 6.09 Å². The Kier molecular flexibility index (Phi) is 7.23. The first kappa shape index (κ1) is 20.0. The summed E-state index contributed by atoms with van der Waals surface area (Å²) in [6.07, 6.45) is -0.510. The first-order valence-electron chi connectivity index (χ1n) is 8.89. The molecule has 1 aliphatic heterocycles. The molecule has 26 heavy (non-hydrogen) atoms. The Morgan fingerprint density at radius 2 is 1.96 bits per heavy atom. The molecule has 1 atom stereocenters. The maximum atomic E-state index is 12.6. The molecule has 0 bridgehead atoms. The van der Waals surface area contributed by atoms with Gasteiger partial charge < -0.3 is 25.6 Å². The van der Waals surface area contributed by atoms with Crippen LogP contribution >= 0.6 is 0 Å². The van der Waals surface area contributed by atoms with E-state index in [1.807, 2.05) is 20.9 Å². The van der Waals surface area contributed by atoms with Crippen molar-refractivity contribution < 1.29 is 14.3 Å². The van der Waals surface area contributed by atoms with E-state index >= 15 is 0 Å². The summed E-state index contributed by atoms with van der Waals surface area (Å²) in [5.74, 6) is 0.269. The van der Waals surface area contributed by atoms with Crippen molar-refractivity contribution in [3.8, 4) is 0 Å². The fourth-order valence-corrected chi connectivity index (χ4v) is 2.75. The van der Waals surface area contributed by atoms with Crippen molar-refractivity contribution in [2.75, 3.05) is 50.5 Å². The van der Waals surface area contributed by atoms with Crippen molar-refractivity contribution in [1.82, 2.24) is 9.80 Å². The minimum atomic E-state index is -0.510. The lowest BCUT2D eigenvalue weighted by molar-refractivity contribution is 0.120. The first-order valence-corrected chi connectivity index (χ1v) is 8.89. The van der Waals surface area contributed by atoms with Gasteiger partial charge in [0, 0.05) is 37.6 Å². The van der Waals surface area contributed by atoms with E-state index in [-0.39, 0.29) is 18.0 Å². The van der Waals surface area contributed by atoms with E-state index in [1.165, 1.54) is 0 Å². The van der Waals surface area contributed by atoms with Gasteiger partial charge in [-0.2, -0.15) is 0 Å². The zero-order valence-electron chi connectivity index (χ0n) is 15.7. The van der Waals surface area contributed by atoms with Crippen LogP contribution in [0.1, 0.15) is 13.8 Å². The summed E-state index contributed by atoms with van der Waals surface area (Å²) in [5, 5.41) is 5.54. The van der Waals surface area contributed by atoms with Crippen LogP contribution in [-0.2, 0) is 4.74 Å². The summed E-state index contributed by atoms with van der Waals surface area (Å²) >= 11 is 0. The number of amides is 3. The molecule has 4 N–H and O–H groups in total. The Morgan fingerprint density at radius 1 is 1.27 bits per heavy atom. The number of nitrogens with one attached hydrogen (secondary N) is 2. The average Bonchev–Trinajstić information content (AvgIpc) is 2.60. The number of ether oxygens (including phenoxy) is 1. The second kappa shape index (κ2) is 9.40. The molecule has 1 aromatic rings. The molecule has 8 heteroatoms. The van der Waals surface area contributed by atoms with Gasteiger partial charge in [-0.3, -0.25) is 5.32 Å². The molecule has 3 amide bonds. The van der Waals surface area contributed by atoms with E-state index in [4.69, 9.17) is 10.5 Å². The highest BCUT2D eigenvalue weighted by Gasteiger charge is 2.28. The standard InChI is InChI=1S/C18H29N5O3/c1-13(2)12-26-18(25)21-15-6-4-5-14(9-15)20-17(24)23-8-7-22(3)11-16(23)10-19/h4-6,9,13,16H,7-8,10-12,19H2,1-3H3,(H,20,24)(H,21,25). The van der Waals surface area contributed by atoms with E-state index in [9.17, 15) is 9.59 Å². The third-order valence-electron chi connectivity index (χ3n) is 4.13. The number of carbonyl (C=O) groups is 2. The summed E-state index contributed by atoms with van der Waals surface area (Å²) in [6, 6.07) is 6.77.